The Labute approximate surface area is 223 Å². The Morgan fingerprint density at radius 1 is 1.00 bits per heavy atom. The number of nitrogens with one attached hydrogen (secondary N) is 1. The monoisotopic (exact) mass is 529 g/mol. The van der Waals surface area contributed by atoms with Crippen LogP contribution < -0.4 is 15.1 Å². The summed E-state index contributed by atoms with van der Waals surface area (Å²) in [6, 6.07) is 17.3. The van der Waals surface area contributed by atoms with Crippen LogP contribution in [0.25, 0.3) is 16.8 Å². The van der Waals surface area contributed by atoms with E-state index >= 15 is 0 Å². The number of non-ortho nitro benzene ring substituents is 1. The lowest BCUT2D eigenvalue weighted by atomic mass is 10.0. The second kappa shape index (κ2) is 10.0. The molecule has 0 spiro atoms. The highest BCUT2D eigenvalue weighted by Gasteiger charge is 2.35. The van der Waals surface area contributed by atoms with E-state index in [4.69, 9.17) is 12.2 Å². The van der Waals surface area contributed by atoms with E-state index in [1.54, 1.807) is 23.1 Å². The van der Waals surface area contributed by atoms with E-state index < -0.39 is 16.7 Å². The third-order valence-corrected chi connectivity index (χ3v) is 6.98. The standard InChI is InChI=1S/C27H23N5O5S/c1-17(33)29-11-13-30(14-12-29)23-10-9-20(32(36)37)15-19(23)16-22-25(34)28-27(38)31(26(22)35)24-8-4-6-18-5-2-3-7-21(18)24/h2-10,15-16H,11-14H2,1H3,(H,28,34,38)/b22-16-. The van der Waals surface area contributed by atoms with Crippen molar-refractivity contribution in [2.24, 2.45) is 0 Å². The number of carbonyl (C=O) groups excluding carboxylic acids is 3. The molecule has 0 atom stereocenters. The molecule has 38 heavy (non-hydrogen) atoms. The normalized spacial score (nSPS) is 17.2. The fraction of sp³-hybridized carbons (Fsp3) is 0.185. The second-order valence-corrected chi connectivity index (χ2v) is 9.34. The number of nitro benzene ring substituents is 1. The summed E-state index contributed by atoms with van der Waals surface area (Å²) in [6.45, 7) is 3.49. The number of nitrogens with zero attached hydrogens (tertiary/aromatic N) is 4. The van der Waals surface area contributed by atoms with E-state index in [1.165, 1.54) is 30.0 Å². The maximum Gasteiger partial charge on any atom is 0.270 e. The molecule has 2 saturated heterocycles. The van der Waals surface area contributed by atoms with Gasteiger partial charge in [0.1, 0.15) is 5.57 Å². The van der Waals surface area contributed by atoms with E-state index in [2.05, 4.69) is 5.32 Å². The molecule has 2 fully saturated rings. The Morgan fingerprint density at radius 3 is 2.42 bits per heavy atom. The molecule has 192 valence electrons. The summed E-state index contributed by atoms with van der Waals surface area (Å²) in [6.07, 6.45) is 1.37. The minimum atomic E-state index is -0.685. The van der Waals surface area contributed by atoms with E-state index in [0.29, 0.717) is 43.1 Å². The van der Waals surface area contributed by atoms with Crippen LogP contribution in [0.1, 0.15) is 12.5 Å². The predicted molar refractivity (Wildman–Crippen MR) is 148 cm³/mol. The number of hydrogen-bond donors (Lipinski definition) is 1. The van der Waals surface area contributed by atoms with Crippen LogP contribution in [-0.4, -0.2) is 58.8 Å². The van der Waals surface area contributed by atoms with Gasteiger partial charge < -0.3 is 9.80 Å². The lowest BCUT2D eigenvalue weighted by Gasteiger charge is -2.36. The van der Waals surface area contributed by atoms with Crippen LogP contribution in [-0.2, 0) is 14.4 Å². The first-order valence-corrected chi connectivity index (χ1v) is 12.3. The largest absolute Gasteiger partial charge is 0.367 e. The number of rotatable bonds is 4. The summed E-state index contributed by atoms with van der Waals surface area (Å²) >= 11 is 5.38. The quantitative estimate of drug-likeness (QED) is 0.181. The molecular weight excluding hydrogens is 506 g/mol. The van der Waals surface area contributed by atoms with E-state index in [9.17, 15) is 24.5 Å². The maximum absolute atomic E-state index is 13.7. The zero-order chi connectivity index (χ0) is 27.0. The molecule has 1 N–H and O–H groups in total. The highest BCUT2D eigenvalue weighted by Crippen LogP contribution is 2.32. The minimum absolute atomic E-state index is 0.0235. The van der Waals surface area contributed by atoms with Gasteiger partial charge in [-0.25, -0.2) is 0 Å². The van der Waals surface area contributed by atoms with Gasteiger partial charge in [-0.1, -0.05) is 36.4 Å². The van der Waals surface area contributed by atoms with Gasteiger partial charge in [0, 0.05) is 61.9 Å². The average molecular weight is 530 g/mol. The number of benzene rings is 3. The predicted octanol–water partition coefficient (Wildman–Crippen LogP) is 3.25. The Hall–Kier alpha value is -4.64. The third kappa shape index (κ3) is 4.59. The van der Waals surface area contributed by atoms with Crippen LogP contribution in [0.4, 0.5) is 17.1 Å². The molecule has 2 heterocycles. The highest BCUT2D eigenvalue weighted by atomic mass is 32.1. The van der Waals surface area contributed by atoms with E-state index in [0.717, 1.165) is 10.8 Å². The van der Waals surface area contributed by atoms with Crippen LogP contribution in [0.3, 0.4) is 0 Å². The number of amides is 3. The third-order valence-electron chi connectivity index (χ3n) is 6.70. The molecule has 10 nitrogen and oxygen atoms in total. The number of piperazine rings is 1. The molecular formula is C27H23N5O5S. The number of hydrogen-bond acceptors (Lipinski definition) is 7. The molecule has 0 radical (unpaired) electrons. The fourth-order valence-electron chi connectivity index (χ4n) is 4.76. The van der Waals surface area contributed by atoms with Crippen molar-refractivity contribution in [3.8, 4) is 0 Å². The highest BCUT2D eigenvalue weighted by molar-refractivity contribution is 7.80. The summed E-state index contributed by atoms with van der Waals surface area (Å²) in [5.41, 5.74) is 1.11. The van der Waals surface area contributed by atoms with Gasteiger partial charge in [0.05, 0.1) is 10.6 Å². The Morgan fingerprint density at radius 2 is 1.71 bits per heavy atom. The van der Waals surface area contributed by atoms with Gasteiger partial charge in [-0.05, 0) is 35.8 Å². The first kappa shape index (κ1) is 25.0. The van der Waals surface area contributed by atoms with Crippen molar-refractivity contribution < 1.29 is 19.3 Å². The Balaban J connectivity index is 1.57. The van der Waals surface area contributed by atoms with Gasteiger partial charge in [0.15, 0.2) is 5.11 Å². The van der Waals surface area contributed by atoms with Gasteiger partial charge in [0.2, 0.25) is 5.91 Å². The number of thiocarbonyl (C=S) groups is 1. The van der Waals surface area contributed by atoms with Crippen molar-refractivity contribution in [1.29, 1.82) is 0 Å². The number of anilines is 2. The zero-order valence-corrected chi connectivity index (χ0v) is 21.2. The summed E-state index contributed by atoms with van der Waals surface area (Å²) in [7, 11) is 0. The minimum Gasteiger partial charge on any atom is -0.367 e. The van der Waals surface area contributed by atoms with Crippen LogP contribution in [0.15, 0.2) is 66.2 Å². The summed E-state index contributed by atoms with van der Waals surface area (Å²) in [5.74, 6) is -1.34. The van der Waals surface area contributed by atoms with E-state index in [-0.39, 0.29) is 22.3 Å². The molecule has 2 aliphatic rings. The van der Waals surface area contributed by atoms with Crippen LogP contribution >= 0.6 is 12.2 Å². The van der Waals surface area contributed by atoms with Crippen molar-refractivity contribution in [1.82, 2.24) is 10.2 Å². The lowest BCUT2D eigenvalue weighted by Crippen LogP contribution is -2.54. The van der Waals surface area contributed by atoms with Crippen LogP contribution in [0.5, 0.6) is 0 Å². The van der Waals surface area contributed by atoms with Crippen molar-refractivity contribution in [2.45, 2.75) is 6.92 Å². The van der Waals surface area contributed by atoms with E-state index in [1.807, 2.05) is 35.2 Å². The van der Waals surface area contributed by atoms with Gasteiger partial charge in [-0.2, -0.15) is 0 Å². The summed E-state index contributed by atoms with van der Waals surface area (Å²) in [4.78, 5) is 54.4. The zero-order valence-electron chi connectivity index (χ0n) is 20.4. The SMILES string of the molecule is CC(=O)N1CCN(c2ccc([N+](=O)[O-])cc2/C=C2/C(=O)NC(=S)N(c3cccc4ccccc34)C2=O)CC1. The van der Waals surface area contributed by atoms with Crippen molar-refractivity contribution in [2.75, 3.05) is 36.0 Å². The topological polar surface area (TPSA) is 116 Å². The summed E-state index contributed by atoms with van der Waals surface area (Å²) < 4.78 is 0. The van der Waals surface area contributed by atoms with Crippen LogP contribution in [0.2, 0.25) is 0 Å². The fourth-order valence-corrected chi connectivity index (χ4v) is 5.03. The second-order valence-electron chi connectivity index (χ2n) is 8.95. The van der Waals surface area contributed by atoms with Gasteiger partial charge >= 0.3 is 0 Å². The Bertz CT molecular complexity index is 1540. The van der Waals surface area contributed by atoms with Gasteiger partial charge in [-0.3, -0.25) is 34.7 Å². The Kier molecular flexibility index (Phi) is 6.60. The number of nitro groups is 1. The van der Waals surface area contributed by atoms with Crippen molar-refractivity contribution in [3.63, 3.8) is 0 Å². The molecule has 3 aromatic rings. The molecule has 3 amide bonds. The molecule has 0 aliphatic carbocycles. The molecule has 0 unspecified atom stereocenters. The molecule has 0 bridgehead atoms. The molecule has 0 aromatic heterocycles. The molecule has 11 heteroatoms. The average Bonchev–Trinajstić information content (AvgIpc) is 2.91. The molecule has 0 saturated carbocycles. The van der Waals surface area contributed by atoms with Gasteiger partial charge in [0.25, 0.3) is 17.5 Å². The molecule has 5 rings (SSSR count). The smallest absolute Gasteiger partial charge is 0.270 e. The first-order chi connectivity index (χ1) is 18.2. The molecule has 2 aliphatic heterocycles. The van der Waals surface area contributed by atoms with Crippen LogP contribution in [0, 0.1) is 10.1 Å². The molecule has 3 aromatic carbocycles. The number of carbonyl (C=O) groups is 3. The van der Waals surface area contributed by atoms with Crippen molar-refractivity contribution in [3.05, 3.63) is 81.9 Å². The van der Waals surface area contributed by atoms with Gasteiger partial charge in [-0.15, -0.1) is 0 Å². The lowest BCUT2D eigenvalue weighted by molar-refractivity contribution is -0.384. The van der Waals surface area contributed by atoms with Crippen molar-refractivity contribution >= 4 is 69.0 Å². The summed E-state index contributed by atoms with van der Waals surface area (Å²) in [5, 5.41) is 15.8. The number of fused-ring (bicyclic) bond motifs is 1. The maximum atomic E-state index is 13.7. The first-order valence-electron chi connectivity index (χ1n) is 11.9.